The molecule has 10 nitrogen and oxygen atoms in total. The van der Waals surface area contributed by atoms with Crippen molar-refractivity contribution in [2.75, 3.05) is 12.3 Å². The first-order valence-corrected chi connectivity index (χ1v) is 14.0. The third-order valence-electron chi connectivity index (χ3n) is 7.32. The van der Waals surface area contributed by atoms with Crippen LogP contribution in [0.4, 0.5) is 5.95 Å². The van der Waals surface area contributed by atoms with E-state index in [0.29, 0.717) is 41.5 Å². The molecule has 0 radical (unpaired) electrons. The lowest BCUT2D eigenvalue weighted by molar-refractivity contribution is -0.140. The number of nitrogens with zero attached hydrogens (tertiary/aromatic N) is 4. The van der Waals surface area contributed by atoms with E-state index >= 15 is 0 Å². The molecule has 1 aromatic heterocycles. The monoisotopic (exact) mass is 543 g/mol. The first kappa shape index (κ1) is 25.0. The summed E-state index contributed by atoms with van der Waals surface area (Å²) in [6.45, 7) is 1.03. The Morgan fingerprint density at radius 2 is 1.64 bits per heavy atom. The normalized spacial score (nSPS) is 17.4. The van der Waals surface area contributed by atoms with Crippen LogP contribution in [0.1, 0.15) is 34.5 Å². The van der Waals surface area contributed by atoms with Crippen molar-refractivity contribution in [3.05, 3.63) is 83.6 Å². The van der Waals surface area contributed by atoms with Crippen LogP contribution in [0.15, 0.2) is 71.6 Å². The Kier molecular flexibility index (Phi) is 6.04. The van der Waals surface area contributed by atoms with E-state index in [1.54, 1.807) is 41.3 Å². The molecule has 3 N–H and O–H groups in total. The van der Waals surface area contributed by atoms with Crippen LogP contribution >= 0.6 is 0 Å². The molecule has 4 aromatic rings. The van der Waals surface area contributed by atoms with E-state index in [9.17, 15) is 23.1 Å². The first-order valence-electron chi connectivity index (χ1n) is 12.5. The molecular formula is C28H25N5O5S. The molecule has 0 aliphatic carbocycles. The smallest absolute Gasteiger partial charge is 0.322 e. The van der Waals surface area contributed by atoms with Crippen LogP contribution in [0.5, 0.6) is 0 Å². The van der Waals surface area contributed by atoms with Crippen LogP contribution in [0.2, 0.25) is 0 Å². The highest BCUT2D eigenvalue weighted by atomic mass is 32.2. The maximum Gasteiger partial charge on any atom is 0.322 e. The summed E-state index contributed by atoms with van der Waals surface area (Å²) in [5.74, 6) is -1.50. The number of carbonyl (C=O) groups is 2. The van der Waals surface area contributed by atoms with Gasteiger partial charge < -0.3 is 15.7 Å². The number of nitrogens with two attached hydrogens (primary N) is 1. The maximum atomic E-state index is 13.7. The molecule has 2 aliphatic heterocycles. The van der Waals surface area contributed by atoms with E-state index in [2.05, 4.69) is 9.97 Å². The van der Waals surface area contributed by atoms with Gasteiger partial charge in [-0.05, 0) is 47.7 Å². The average molecular weight is 544 g/mol. The van der Waals surface area contributed by atoms with E-state index in [4.69, 9.17) is 5.73 Å². The Morgan fingerprint density at radius 1 is 0.949 bits per heavy atom. The topological polar surface area (TPSA) is 147 Å². The van der Waals surface area contributed by atoms with Crippen LogP contribution in [-0.2, 0) is 27.9 Å². The Balaban J connectivity index is 1.43. The molecule has 1 atom stereocenters. The number of aromatic nitrogens is 2. The highest BCUT2D eigenvalue weighted by molar-refractivity contribution is 7.89. The van der Waals surface area contributed by atoms with Crippen molar-refractivity contribution in [3.63, 3.8) is 0 Å². The summed E-state index contributed by atoms with van der Waals surface area (Å²) in [5.41, 5.74) is 9.60. The largest absolute Gasteiger partial charge is 0.480 e. The van der Waals surface area contributed by atoms with Crippen molar-refractivity contribution in [2.45, 2.75) is 36.9 Å². The summed E-state index contributed by atoms with van der Waals surface area (Å²) in [4.78, 5) is 35.7. The number of benzene rings is 3. The van der Waals surface area contributed by atoms with Crippen LogP contribution in [0.3, 0.4) is 0 Å². The lowest BCUT2D eigenvalue weighted by atomic mass is 10.0. The van der Waals surface area contributed by atoms with Crippen molar-refractivity contribution in [2.24, 2.45) is 0 Å². The van der Waals surface area contributed by atoms with Crippen molar-refractivity contribution in [1.29, 1.82) is 0 Å². The number of carbonyl (C=O) groups excluding carboxylic acids is 1. The number of carboxylic acids is 1. The molecule has 6 rings (SSSR count). The number of carboxylic acid groups (broad SMARTS) is 1. The number of aliphatic carboxylic acids is 1. The molecule has 1 amide bonds. The van der Waals surface area contributed by atoms with Gasteiger partial charge in [0.2, 0.25) is 16.0 Å². The number of hydrogen-bond acceptors (Lipinski definition) is 7. The van der Waals surface area contributed by atoms with Crippen molar-refractivity contribution >= 4 is 38.8 Å². The average Bonchev–Trinajstić information content (AvgIpc) is 3.60. The third kappa shape index (κ3) is 4.29. The number of fused-ring (bicyclic) bond motifs is 2. The SMILES string of the molecule is Nc1nc(C(=O)N2Cc3ccccc3C2)c2cc(-c3ccccc3S(=O)(=O)N3CCCC3C(=O)O)ccc2n1. The summed E-state index contributed by atoms with van der Waals surface area (Å²) in [6, 6.07) is 18.3. The Morgan fingerprint density at radius 3 is 2.36 bits per heavy atom. The van der Waals surface area contributed by atoms with Gasteiger partial charge in [0.15, 0.2) is 0 Å². The zero-order valence-electron chi connectivity index (χ0n) is 20.8. The third-order valence-corrected chi connectivity index (χ3v) is 9.28. The van der Waals surface area contributed by atoms with Crippen LogP contribution in [0.25, 0.3) is 22.0 Å². The van der Waals surface area contributed by atoms with Gasteiger partial charge in [-0.2, -0.15) is 4.31 Å². The molecule has 11 heteroatoms. The van der Waals surface area contributed by atoms with E-state index in [1.807, 2.05) is 24.3 Å². The molecule has 1 fully saturated rings. The highest BCUT2D eigenvalue weighted by Crippen LogP contribution is 2.35. The van der Waals surface area contributed by atoms with Crippen molar-refractivity contribution in [1.82, 2.24) is 19.2 Å². The van der Waals surface area contributed by atoms with Gasteiger partial charge in [-0.25, -0.2) is 18.4 Å². The van der Waals surface area contributed by atoms with Crippen molar-refractivity contribution < 1.29 is 23.1 Å². The zero-order chi connectivity index (χ0) is 27.3. The molecular weight excluding hydrogens is 518 g/mol. The van der Waals surface area contributed by atoms with Crippen LogP contribution in [-0.4, -0.2) is 57.2 Å². The molecule has 1 saturated heterocycles. The minimum absolute atomic E-state index is 0.00303. The Hall–Kier alpha value is -4.35. The van der Waals surface area contributed by atoms with E-state index in [1.165, 1.54) is 6.07 Å². The lowest BCUT2D eigenvalue weighted by Crippen LogP contribution is -2.40. The summed E-state index contributed by atoms with van der Waals surface area (Å²) < 4.78 is 28.4. The molecule has 3 heterocycles. The van der Waals surface area contributed by atoms with Crippen LogP contribution < -0.4 is 5.73 Å². The second-order valence-corrected chi connectivity index (χ2v) is 11.6. The molecule has 198 valence electrons. The fraction of sp³-hybridized carbons (Fsp3) is 0.214. The molecule has 2 aliphatic rings. The number of anilines is 1. The van der Waals surface area contributed by atoms with E-state index < -0.39 is 22.0 Å². The lowest BCUT2D eigenvalue weighted by Gasteiger charge is -2.22. The standard InChI is InChI=1S/C28H25N5O5S/c29-28-30-22-12-11-17(14-21(22)25(31-28)26(34)32-15-18-6-1-2-7-19(18)16-32)20-8-3-4-10-24(20)39(37,38)33-13-5-9-23(33)27(35)36/h1-4,6-8,10-12,14,23H,5,9,13,15-16H2,(H,35,36)(H2,29,30,31). The molecule has 0 bridgehead atoms. The summed E-state index contributed by atoms with van der Waals surface area (Å²) >= 11 is 0. The van der Waals surface area contributed by atoms with Crippen molar-refractivity contribution in [3.8, 4) is 11.1 Å². The molecule has 1 unspecified atom stereocenters. The first-order chi connectivity index (χ1) is 18.7. The van der Waals surface area contributed by atoms with E-state index in [0.717, 1.165) is 15.4 Å². The maximum absolute atomic E-state index is 13.7. The quantitative estimate of drug-likeness (QED) is 0.390. The molecule has 0 saturated carbocycles. The molecule has 39 heavy (non-hydrogen) atoms. The predicted octanol–water partition coefficient (Wildman–Crippen LogP) is 3.27. The Bertz CT molecular complexity index is 1730. The minimum atomic E-state index is -4.12. The van der Waals surface area contributed by atoms with Gasteiger partial charge in [0.25, 0.3) is 5.91 Å². The summed E-state index contributed by atoms with van der Waals surface area (Å²) in [7, 11) is -4.12. The van der Waals surface area contributed by atoms with E-state index in [-0.39, 0.29) is 35.4 Å². The fourth-order valence-corrected chi connectivity index (χ4v) is 7.30. The molecule has 0 spiro atoms. The van der Waals surface area contributed by atoms with Gasteiger partial charge in [0, 0.05) is 30.6 Å². The van der Waals surface area contributed by atoms with Gasteiger partial charge in [-0.3, -0.25) is 9.59 Å². The summed E-state index contributed by atoms with van der Waals surface area (Å²) in [5, 5.41) is 10.0. The zero-order valence-corrected chi connectivity index (χ0v) is 21.6. The number of amides is 1. The van der Waals surface area contributed by atoms with Gasteiger partial charge in [0.1, 0.15) is 11.7 Å². The second-order valence-electron chi connectivity index (χ2n) is 9.70. The highest BCUT2D eigenvalue weighted by Gasteiger charge is 2.40. The second kappa shape index (κ2) is 9.44. The summed E-state index contributed by atoms with van der Waals surface area (Å²) in [6.07, 6.45) is 0.732. The number of sulfonamides is 1. The number of hydrogen-bond donors (Lipinski definition) is 2. The predicted molar refractivity (Wildman–Crippen MR) is 144 cm³/mol. The number of nitrogen functional groups attached to an aromatic ring is 1. The fourth-order valence-electron chi connectivity index (χ4n) is 5.43. The van der Waals surface area contributed by atoms with Crippen LogP contribution in [0, 0.1) is 0 Å². The van der Waals surface area contributed by atoms with Gasteiger partial charge in [0.05, 0.1) is 10.4 Å². The minimum Gasteiger partial charge on any atom is -0.480 e. The molecule has 3 aromatic carbocycles. The number of rotatable bonds is 5. The van der Waals surface area contributed by atoms with Gasteiger partial charge >= 0.3 is 5.97 Å². The van der Waals surface area contributed by atoms with Gasteiger partial charge in [-0.15, -0.1) is 0 Å². The van der Waals surface area contributed by atoms with Gasteiger partial charge in [-0.1, -0.05) is 48.5 Å². The Labute approximate surface area is 224 Å².